The summed E-state index contributed by atoms with van der Waals surface area (Å²) in [7, 11) is -4.32. The van der Waals surface area contributed by atoms with E-state index in [0.29, 0.717) is 11.5 Å². The monoisotopic (exact) mass is 399 g/mol. The van der Waals surface area contributed by atoms with Gasteiger partial charge >= 0.3 is 0 Å². The van der Waals surface area contributed by atoms with Crippen LogP contribution in [-0.4, -0.2) is 28.3 Å². The van der Waals surface area contributed by atoms with Crippen LogP contribution in [0.3, 0.4) is 0 Å². The van der Waals surface area contributed by atoms with Gasteiger partial charge in [0.05, 0.1) is 11.4 Å². The van der Waals surface area contributed by atoms with Gasteiger partial charge < -0.3 is 4.90 Å². The number of benzene rings is 2. The van der Waals surface area contributed by atoms with Crippen LogP contribution in [0, 0.1) is 0 Å². The molecule has 0 saturated carbocycles. The van der Waals surface area contributed by atoms with Crippen molar-refractivity contribution < 1.29 is 13.0 Å². The molecule has 0 amide bonds. The predicted molar refractivity (Wildman–Crippen MR) is 106 cm³/mol. The SMILES string of the molecule is CCC(N1c2ccccc2Sc2cccc(-c3ncccn3)c21)S(=O)(=O)O. The second-order valence-corrected chi connectivity index (χ2v) is 8.70. The highest BCUT2D eigenvalue weighted by molar-refractivity contribution is 7.99. The number of anilines is 2. The van der Waals surface area contributed by atoms with Gasteiger partial charge in [-0.05, 0) is 36.8 Å². The number of rotatable bonds is 4. The molecule has 2 heterocycles. The van der Waals surface area contributed by atoms with E-state index in [-0.39, 0.29) is 6.42 Å². The third-order valence-corrected chi connectivity index (χ3v) is 6.72. The molecule has 0 spiro atoms. The second kappa shape index (κ2) is 6.95. The van der Waals surface area contributed by atoms with Crippen LogP contribution in [0.4, 0.5) is 11.4 Å². The zero-order chi connectivity index (χ0) is 19.0. The van der Waals surface area contributed by atoms with Crippen LogP contribution >= 0.6 is 11.8 Å². The topological polar surface area (TPSA) is 83.4 Å². The van der Waals surface area contributed by atoms with Crippen LogP contribution < -0.4 is 4.90 Å². The Hall–Kier alpha value is -2.42. The van der Waals surface area contributed by atoms with Crippen molar-refractivity contribution in [3.63, 3.8) is 0 Å². The molecule has 1 aromatic heterocycles. The molecule has 0 aliphatic carbocycles. The number of nitrogens with zero attached hydrogens (tertiary/aromatic N) is 3. The van der Waals surface area contributed by atoms with E-state index < -0.39 is 15.5 Å². The van der Waals surface area contributed by atoms with E-state index in [0.717, 1.165) is 21.0 Å². The Kier molecular flexibility index (Phi) is 4.63. The highest BCUT2D eigenvalue weighted by Crippen LogP contribution is 2.52. The summed E-state index contributed by atoms with van der Waals surface area (Å²) in [6.45, 7) is 1.74. The standard InChI is InChI=1S/C19H17N3O3S2/c1-2-17(27(23,24)25)22-14-8-3-4-9-15(14)26-16-10-5-7-13(18(16)22)19-20-11-6-12-21-19/h3-12,17H,2H2,1H3,(H,23,24,25). The summed E-state index contributed by atoms with van der Waals surface area (Å²) in [6, 6.07) is 15.0. The number of fused-ring (bicyclic) bond motifs is 2. The Balaban J connectivity index is 2.02. The van der Waals surface area contributed by atoms with Crippen molar-refractivity contribution in [2.75, 3.05) is 4.90 Å². The Morgan fingerprint density at radius 1 is 1.04 bits per heavy atom. The molecule has 8 heteroatoms. The molecule has 0 bridgehead atoms. The molecule has 1 aliphatic rings. The van der Waals surface area contributed by atoms with Crippen molar-refractivity contribution in [2.24, 2.45) is 0 Å². The maximum Gasteiger partial charge on any atom is 0.286 e. The van der Waals surface area contributed by atoms with Gasteiger partial charge in [-0.3, -0.25) is 4.55 Å². The second-order valence-electron chi connectivity index (χ2n) is 6.04. The number of hydrogen-bond donors (Lipinski definition) is 1. The zero-order valence-corrected chi connectivity index (χ0v) is 16.1. The van der Waals surface area contributed by atoms with E-state index in [9.17, 15) is 13.0 Å². The lowest BCUT2D eigenvalue weighted by molar-refractivity contribution is 0.464. The van der Waals surface area contributed by atoms with Crippen molar-refractivity contribution in [2.45, 2.75) is 28.5 Å². The minimum Gasteiger partial charge on any atom is -0.319 e. The molecule has 2 aromatic carbocycles. The summed E-state index contributed by atoms with van der Waals surface area (Å²) < 4.78 is 34.3. The number of hydrogen-bond acceptors (Lipinski definition) is 6. The smallest absolute Gasteiger partial charge is 0.286 e. The Bertz CT molecular complexity index is 1090. The first kappa shape index (κ1) is 18.0. The Morgan fingerprint density at radius 2 is 1.74 bits per heavy atom. The van der Waals surface area contributed by atoms with Crippen LogP contribution in [0.5, 0.6) is 0 Å². The van der Waals surface area contributed by atoms with Gasteiger partial charge in [-0.15, -0.1) is 0 Å². The van der Waals surface area contributed by atoms with Gasteiger partial charge in [0.1, 0.15) is 0 Å². The van der Waals surface area contributed by atoms with Crippen molar-refractivity contribution in [1.29, 1.82) is 0 Å². The molecule has 0 radical (unpaired) electrons. The van der Waals surface area contributed by atoms with Crippen LogP contribution in [0.15, 0.2) is 70.7 Å². The Morgan fingerprint density at radius 3 is 2.44 bits per heavy atom. The molecule has 0 saturated heterocycles. The third-order valence-electron chi connectivity index (χ3n) is 4.37. The van der Waals surface area contributed by atoms with E-state index in [2.05, 4.69) is 9.97 Å². The fourth-order valence-electron chi connectivity index (χ4n) is 3.28. The van der Waals surface area contributed by atoms with Gasteiger partial charge in [0.15, 0.2) is 11.2 Å². The molecule has 138 valence electrons. The fourth-order valence-corrected chi connectivity index (χ4v) is 5.29. The largest absolute Gasteiger partial charge is 0.319 e. The zero-order valence-electron chi connectivity index (χ0n) is 14.5. The predicted octanol–water partition coefficient (Wildman–Crippen LogP) is 4.37. The first-order valence-corrected chi connectivity index (χ1v) is 10.8. The first-order valence-electron chi connectivity index (χ1n) is 8.43. The van der Waals surface area contributed by atoms with E-state index in [1.54, 1.807) is 42.0 Å². The van der Waals surface area contributed by atoms with Crippen molar-refractivity contribution in [3.8, 4) is 11.4 Å². The van der Waals surface area contributed by atoms with Crippen LogP contribution in [0.1, 0.15) is 13.3 Å². The molecule has 1 N–H and O–H groups in total. The van der Waals surface area contributed by atoms with Gasteiger partial charge in [0.2, 0.25) is 0 Å². The lowest BCUT2D eigenvalue weighted by Gasteiger charge is -2.37. The number of para-hydroxylation sites is 2. The van der Waals surface area contributed by atoms with Gasteiger partial charge in [-0.25, -0.2) is 9.97 Å². The lowest BCUT2D eigenvalue weighted by Crippen LogP contribution is -2.39. The van der Waals surface area contributed by atoms with Crippen molar-refractivity contribution in [1.82, 2.24) is 9.97 Å². The first-order chi connectivity index (χ1) is 13.0. The van der Waals surface area contributed by atoms with Gasteiger partial charge in [0.25, 0.3) is 10.1 Å². The maximum atomic E-state index is 12.2. The fraction of sp³-hybridized carbons (Fsp3) is 0.158. The summed E-state index contributed by atoms with van der Waals surface area (Å²) in [5.74, 6) is 0.504. The van der Waals surface area contributed by atoms with Crippen molar-refractivity contribution >= 4 is 33.3 Å². The molecule has 3 aromatic rings. The van der Waals surface area contributed by atoms with E-state index in [1.165, 1.54) is 0 Å². The van der Waals surface area contributed by atoms with Gasteiger partial charge in [0, 0.05) is 27.7 Å². The molecular formula is C19H17N3O3S2. The van der Waals surface area contributed by atoms with E-state index >= 15 is 0 Å². The van der Waals surface area contributed by atoms with Gasteiger partial charge in [-0.2, -0.15) is 8.42 Å². The summed E-state index contributed by atoms with van der Waals surface area (Å²) in [4.78, 5) is 12.2. The number of aromatic nitrogens is 2. The molecule has 1 unspecified atom stereocenters. The molecule has 27 heavy (non-hydrogen) atoms. The lowest BCUT2D eigenvalue weighted by atomic mass is 10.1. The average Bonchev–Trinajstić information content (AvgIpc) is 2.67. The highest BCUT2D eigenvalue weighted by atomic mass is 32.2. The highest BCUT2D eigenvalue weighted by Gasteiger charge is 2.36. The maximum absolute atomic E-state index is 12.2. The quantitative estimate of drug-likeness (QED) is 0.652. The molecule has 4 rings (SSSR count). The summed E-state index contributed by atoms with van der Waals surface area (Å²) >= 11 is 1.56. The van der Waals surface area contributed by atoms with E-state index in [1.807, 2.05) is 42.5 Å². The third kappa shape index (κ3) is 3.20. The van der Waals surface area contributed by atoms with Crippen molar-refractivity contribution in [3.05, 3.63) is 60.9 Å². The molecule has 1 aliphatic heterocycles. The van der Waals surface area contributed by atoms with Gasteiger partial charge in [-0.1, -0.05) is 36.9 Å². The summed E-state index contributed by atoms with van der Waals surface area (Å²) in [6.07, 6.45) is 3.52. The molecule has 0 fully saturated rings. The Labute approximate surface area is 162 Å². The average molecular weight is 399 g/mol. The summed E-state index contributed by atoms with van der Waals surface area (Å²) in [5.41, 5.74) is 2.15. The normalized spacial score (nSPS) is 14.4. The van der Waals surface area contributed by atoms with Crippen LogP contribution in [0.25, 0.3) is 11.4 Å². The van der Waals surface area contributed by atoms with Crippen LogP contribution in [0.2, 0.25) is 0 Å². The minimum atomic E-state index is -4.32. The molecular weight excluding hydrogens is 382 g/mol. The van der Waals surface area contributed by atoms with Crippen LogP contribution in [-0.2, 0) is 10.1 Å². The minimum absolute atomic E-state index is 0.223. The molecule has 1 atom stereocenters. The molecule has 6 nitrogen and oxygen atoms in total. The summed E-state index contributed by atoms with van der Waals surface area (Å²) in [5, 5.41) is -1.11. The van der Waals surface area contributed by atoms with E-state index in [4.69, 9.17) is 0 Å².